The Balaban J connectivity index is 1.57. The molecule has 0 fully saturated rings. The van der Waals surface area contributed by atoms with E-state index >= 15 is 0 Å². The van der Waals surface area contributed by atoms with Gasteiger partial charge in [-0.15, -0.1) is 11.3 Å². The van der Waals surface area contributed by atoms with E-state index in [0.717, 1.165) is 5.56 Å². The fourth-order valence-corrected chi connectivity index (χ4v) is 4.46. The fourth-order valence-electron chi connectivity index (χ4n) is 2.33. The molecule has 1 atom stereocenters. The molecule has 0 radical (unpaired) electrons. The monoisotopic (exact) mass is 454 g/mol. The molecule has 0 aliphatic rings. The van der Waals surface area contributed by atoms with Crippen LogP contribution in [0.3, 0.4) is 0 Å². The van der Waals surface area contributed by atoms with Gasteiger partial charge in [0.05, 0.1) is 10.6 Å². The summed E-state index contributed by atoms with van der Waals surface area (Å²) in [4.78, 5) is 16.5. The van der Waals surface area contributed by atoms with E-state index in [9.17, 15) is 17.6 Å². The van der Waals surface area contributed by atoms with E-state index in [4.69, 9.17) is 16.3 Å². The Morgan fingerprint density at radius 1 is 1.21 bits per heavy atom. The normalized spacial score (nSPS) is 12.5. The van der Waals surface area contributed by atoms with E-state index in [1.807, 2.05) is 0 Å². The van der Waals surface area contributed by atoms with Crippen molar-refractivity contribution >= 4 is 38.9 Å². The van der Waals surface area contributed by atoms with Gasteiger partial charge in [0.25, 0.3) is 0 Å². The molecule has 0 bridgehead atoms. The van der Waals surface area contributed by atoms with Crippen molar-refractivity contribution in [2.45, 2.75) is 24.5 Å². The maximum absolute atomic E-state index is 13.0. The van der Waals surface area contributed by atoms with Gasteiger partial charge in [-0.1, -0.05) is 11.6 Å². The predicted molar refractivity (Wildman–Crippen MR) is 109 cm³/mol. The van der Waals surface area contributed by atoms with Crippen molar-refractivity contribution < 1.29 is 22.3 Å². The van der Waals surface area contributed by atoms with Crippen LogP contribution in [-0.4, -0.2) is 25.4 Å². The van der Waals surface area contributed by atoms with Crippen LogP contribution < -0.4 is 4.72 Å². The lowest BCUT2D eigenvalue weighted by Gasteiger charge is -2.13. The minimum absolute atomic E-state index is 0.00927. The summed E-state index contributed by atoms with van der Waals surface area (Å²) in [6.07, 6.45) is 0. The quantitative estimate of drug-likeness (QED) is 0.545. The summed E-state index contributed by atoms with van der Waals surface area (Å²) in [5.41, 5.74) is 1.26. The van der Waals surface area contributed by atoms with Crippen molar-refractivity contribution in [3.8, 4) is 10.6 Å². The molecule has 0 spiro atoms. The third-order valence-electron chi connectivity index (χ3n) is 3.81. The molecule has 6 nitrogen and oxygen atoms in total. The van der Waals surface area contributed by atoms with Crippen LogP contribution in [0, 0.1) is 5.82 Å². The molecule has 0 saturated heterocycles. The second-order valence-electron chi connectivity index (χ2n) is 6.06. The molecular formula is C19H16ClFN2O4S2. The lowest BCUT2D eigenvalue weighted by molar-refractivity contribution is -0.146. The standard InChI is InChI=1S/C19H16ClFN2O4S2/c1-12(23-29(25,26)17-8-4-14(20)5-9-17)19(24)27-10-16-11-28-18(22-16)13-2-6-15(21)7-3-13/h2-9,11-12,23H,10H2,1H3. The highest BCUT2D eigenvalue weighted by Gasteiger charge is 2.23. The van der Waals surface area contributed by atoms with Gasteiger partial charge in [-0.25, -0.2) is 17.8 Å². The van der Waals surface area contributed by atoms with E-state index < -0.39 is 22.0 Å². The number of sulfonamides is 1. The van der Waals surface area contributed by atoms with Gasteiger partial charge >= 0.3 is 5.97 Å². The van der Waals surface area contributed by atoms with E-state index in [0.29, 0.717) is 15.7 Å². The molecule has 3 rings (SSSR count). The number of aromatic nitrogens is 1. The Labute approximate surface area is 176 Å². The number of benzene rings is 2. The lowest BCUT2D eigenvalue weighted by atomic mass is 10.2. The van der Waals surface area contributed by atoms with Gasteiger partial charge in [-0.05, 0) is 55.5 Å². The van der Waals surface area contributed by atoms with Crippen LogP contribution in [0.25, 0.3) is 10.6 Å². The zero-order valence-electron chi connectivity index (χ0n) is 15.1. The molecular weight excluding hydrogens is 439 g/mol. The summed E-state index contributed by atoms with van der Waals surface area (Å²) in [6, 6.07) is 10.4. The molecule has 0 aliphatic heterocycles. The molecule has 0 aliphatic carbocycles. The van der Waals surface area contributed by atoms with Crippen LogP contribution in [0.15, 0.2) is 58.8 Å². The van der Waals surface area contributed by atoms with Crippen LogP contribution in [0.5, 0.6) is 0 Å². The summed E-state index contributed by atoms with van der Waals surface area (Å²) in [5.74, 6) is -1.08. The Morgan fingerprint density at radius 3 is 2.52 bits per heavy atom. The molecule has 1 N–H and O–H groups in total. The molecule has 1 aromatic heterocycles. The number of halogens is 2. The van der Waals surface area contributed by atoms with Crippen LogP contribution >= 0.6 is 22.9 Å². The Morgan fingerprint density at radius 2 is 1.86 bits per heavy atom. The Hall–Kier alpha value is -2.33. The van der Waals surface area contributed by atoms with Gasteiger partial charge in [-0.2, -0.15) is 4.72 Å². The number of carbonyl (C=O) groups excluding carboxylic acids is 1. The number of rotatable bonds is 7. The van der Waals surface area contributed by atoms with Crippen molar-refractivity contribution in [2.75, 3.05) is 0 Å². The summed E-state index contributed by atoms with van der Waals surface area (Å²) >= 11 is 7.08. The molecule has 1 unspecified atom stereocenters. The minimum atomic E-state index is -3.89. The molecule has 3 aromatic rings. The highest BCUT2D eigenvalue weighted by Crippen LogP contribution is 2.24. The SMILES string of the molecule is CC(NS(=O)(=O)c1ccc(Cl)cc1)C(=O)OCc1csc(-c2ccc(F)cc2)n1. The van der Waals surface area contributed by atoms with Crippen molar-refractivity contribution in [3.05, 3.63) is 70.4 Å². The number of ether oxygens (including phenoxy) is 1. The van der Waals surface area contributed by atoms with Crippen LogP contribution in [-0.2, 0) is 26.2 Å². The number of esters is 1. The van der Waals surface area contributed by atoms with E-state index in [2.05, 4.69) is 9.71 Å². The Bertz CT molecular complexity index is 1100. The Kier molecular flexibility index (Phi) is 6.63. The van der Waals surface area contributed by atoms with Crippen molar-refractivity contribution in [2.24, 2.45) is 0 Å². The molecule has 2 aromatic carbocycles. The summed E-state index contributed by atoms with van der Waals surface area (Å²) < 4.78 is 45.1. The summed E-state index contributed by atoms with van der Waals surface area (Å²) in [7, 11) is -3.89. The predicted octanol–water partition coefficient (Wildman–Crippen LogP) is 4.01. The highest BCUT2D eigenvalue weighted by atomic mass is 35.5. The number of thiazole rings is 1. The van der Waals surface area contributed by atoms with Crippen molar-refractivity contribution in [1.82, 2.24) is 9.71 Å². The maximum Gasteiger partial charge on any atom is 0.324 e. The number of nitrogens with one attached hydrogen (secondary N) is 1. The first-order valence-corrected chi connectivity index (χ1v) is 11.1. The maximum atomic E-state index is 13.0. The fraction of sp³-hybridized carbons (Fsp3) is 0.158. The second kappa shape index (κ2) is 9.00. The summed E-state index contributed by atoms with van der Waals surface area (Å²) in [6.45, 7) is 1.28. The third kappa shape index (κ3) is 5.60. The first-order valence-electron chi connectivity index (χ1n) is 8.39. The number of carbonyl (C=O) groups is 1. The summed E-state index contributed by atoms with van der Waals surface area (Å²) in [5, 5.41) is 2.78. The number of nitrogens with zero attached hydrogens (tertiary/aromatic N) is 1. The number of hydrogen-bond acceptors (Lipinski definition) is 6. The van der Waals surface area contributed by atoms with Crippen molar-refractivity contribution in [1.29, 1.82) is 0 Å². The van der Waals surface area contributed by atoms with Crippen LogP contribution in [0.4, 0.5) is 4.39 Å². The third-order valence-corrected chi connectivity index (χ3v) is 6.56. The number of hydrogen-bond donors (Lipinski definition) is 1. The largest absolute Gasteiger partial charge is 0.458 e. The van der Waals surface area contributed by atoms with Crippen LogP contribution in [0.1, 0.15) is 12.6 Å². The van der Waals surface area contributed by atoms with E-state index in [1.54, 1.807) is 17.5 Å². The smallest absolute Gasteiger partial charge is 0.324 e. The molecule has 29 heavy (non-hydrogen) atoms. The molecule has 1 heterocycles. The van der Waals surface area contributed by atoms with E-state index in [1.165, 1.54) is 54.7 Å². The van der Waals surface area contributed by atoms with Gasteiger partial charge in [-0.3, -0.25) is 4.79 Å². The first kappa shape index (κ1) is 21.4. The molecule has 152 valence electrons. The topological polar surface area (TPSA) is 85.4 Å². The molecule has 10 heteroatoms. The second-order valence-corrected chi connectivity index (χ2v) is 9.06. The van der Waals surface area contributed by atoms with Crippen molar-refractivity contribution in [3.63, 3.8) is 0 Å². The van der Waals surface area contributed by atoms with Crippen LogP contribution in [0.2, 0.25) is 5.02 Å². The van der Waals surface area contributed by atoms with Gasteiger partial charge in [0.2, 0.25) is 10.0 Å². The zero-order chi connectivity index (χ0) is 21.0. The van der Waals surface area contributed by atoms with Gasteiger partial charge in [0, 0.05) is 16.0 Å². The van der Waals surface area contributed by atoms with Gasteiger partial charge in [0.15, 0.2) is 0 Å². The average molecular weight is 455 g/mol. The van der Waals surface area contributed by atoms with E-state index in [-0.39, 0.29) is 17.3 Å². The first-order chi connectivity index (χ1) is 13.7. The average Bonchev–Trinajstić information content (AvgIpc) is 3.15. The highest BCUT2D eigenvalue weighted by molar-refractivity contribution is 7.89. The minimum Gasteiger partial charge on any atom is -0.458 e. The molecule has 0 amide bonds. The van der Waals surface area contributed by atoms with Gasteiger partial charge in [0.1, 0.15) is 23.5 Å². The lowest BCUT2D eigenvalue weighted by Crippen LogP contribution is -2.39. The molecule has 0 saturated carbocycles. The van der Waals surface area contributed by atoms with Gasteiger partial charge < -0.3 is 4.74 Å². The zero-order valence-corrected chi connectivity index (χ0v) is 17.5.